The number of anilines is 4. The molecule has 0 saturated heterocycles. The molecule has 0 radical (unpaired) electrons. The number of aromatic amines is 2. The maximum Gasteiger partial charge on any atom is 0.164 e. The van der Waals surface area contributed by atoms with Crippen molar-refractivity contribution in [1.82, 2.24) is 39.9 Å². The molecule has 11 aromatic rings. The molecule has 0 amide bonds. The van der Waals surface area contributed by atoms with Crippen LogP contribution in [-0.2, 0) is 0 Å². The minimum absolute atomic E-state index is 0.295. The van der Waals surface area contributed by atoms with Gasteiger partial charge in [-0.05, 0) is 152 Å². The van der Waals surface area contributed by atoms with Gasteiger partial charge in [-0.3, -0.25) is 0 Å². The highest BCUT2D eigenvalue weighted by Crippen LogP contribution is 2.47. The van der Waals surface area contributed by atoms with Crippen LogP contribution in [0.3, 0.4) is 0 Å². The summed E-state index contributed by atoms with van der Waals surface area (Å²) in [4.78, 5) is 48.0. The summed E-state index contributed by atoms with van der Waals surface area (Å²) < 4.78 is 26.7. The molecule has 0 unspecified atom stereocenters. The van der Waals surface area contributed by atoms with Crippen LogP contribution in [0.15, 0.2) is 146 Å². The van der Waals surface area contributed by atoms with Gasteiger partial charge in [0.25, 0.3) is 0 Å². The van der Waals surface area contributed by atoms with Crippen LogP contribution in [0.1, 0.15) is 55.4 Å². The van der Waals surface area contributed by atoms with Crippen molar-refractivity contribution < 1.29 is 18.9 Å². The van der Waals surface area contributed by atoms with Gasteiger partial charge < -0.3 is 48.5 Å². The Morgan fingerprint density at radius 2 is 0.533 bits per heavy atom. The molecule has 3 aromatic heterocycles. The van der Waals surface area contributed by atoms with Crippen molar-refractivity contribution in [3.63, 3.8) is 0 Å². The van der Waals surface area contributed by atoms with Gasteiger partial charge in [0.1, 0.15) is 68.6 Å². The Morgan fingerprint density at radius 3 is 0.804 bits per heavy atom. The summed E-state index contributed by atoms with van der Waals surface area (Å²) >= 11 is 29.2. The third kappa shape index (κ3) is 12.0. The molecule has 8 bridgehead atoms. The van der Waals surface area contributed by atoms with Crippen molar-refractivity contribution in [2.75, 3.05) is 72.0 Å². The molecule has 8 aromatic carbocycles. The molecule has 0 spiro atoms. The summed E-state index contributed by atoms with van der Waals surface area (Å²) in [5, 5.41) is 3.78. The van der Waals surface area contributed by atoms with Gasteiger partial charge in [-0.15, -0.1) is 0 Å². The van der Waals surface area contributed by atoms with E-state index in [0.717, 1.165) is 75.1 Å². The summed E-state index contributed by atoms with van der Waals surface area (Å²) in [6.45, 7) is 23.6. The zero-order valence-electron chi connectivity index (χ0n) is 52.1. The van der Waals surface area contributed by atoms with Crippen LogP contribution in [0.5, 0.6) is 46.0 Å². The number of nitrogens with zero attached hydrogens (tertiary/aromatic N) is 10. The summed E-state index contributed by atoms with van der Waals surface area (Å²) in [5.41, 5.74) is 7.96. The van der Waals surface area contributed by atoms with E-state index in [4.69, 9.17) is 95.3 Å². The van der Waals surface area contributed by atoms with Gasteiger partial charge in [0.05, 0.1) is 20.1 Å². The average Bonchev–Trinajstić information content (AvgIpc) is 1.60. The van der Waals surface area contributed by atoms with Crippen molar-refractivity contribution in [2.45, 2.75) is 55.4 Å². The molecule has 0 atom stereocenters. The van der Waals surface area contributed by atoms with Gasteiger partial charge in [-0.2, -0.15) is 0 Å². The lowest BCUT2D eigenvalue weighted by Crippen LogP contribution is -2.21. The van der Waals surface area contributed by atoms with Crippen LogP contribution in [-0.4, -0.2) is 92.2 Å². The topological polar surface area (TPSA) is 159 Å². The highest BCUT2D eigenvalue weighted by atomic mass is 35.5. The summed E-state index contributed by atoms with van der Waals surface area (Å²) in [5.74, 6) is 5.16. The second-order valence-electron chi connectivity index (χ2n) is 22.0. The Bertz CT molecular complexity index is 4530. The third-order valence-electron chi connectivity index (χ3n) is 16.7. The molecule has 2 N–H and O–H groups in total. The van der Waals surface area contributed by atoms with Crippen molar-refractivity contribution in [1.29, 1.82) is 0 Å². The third-order valence-corrected chi connectivity index (χ3v) is 17.9. The van der Waals surface area contributed by atoms with Crippen LogP contribution in [0, 0.1) is 0 Å². The predicted octanol–water partition coefficient (Wildman–Crippen LogP) is 20.0. The van der Waals surface area contributed by atoms with E-state index in [-0.39, 0.29) is 0 Å². The van der Waals surface area contributed by atoms with Crippen molar-refractivity contribution in [3.05, 3.63) is 166 Å². The fourth-order valence-corrected chi connectivity index (χ4v) is 12.7. The van der Waals surface area contributed by atoms with E-state index in [1.807, 2.05) is 109 Å². The quantitative estimate of drug-likeness (QED) is 0.0742. The first-order valence-corrected chi connectivity index (χ1v) is 32.6. The number of halogens is 4. The number of nitrogens with one attached hydrogen (secondary N) is 2. The summed E-state index contributed by atoms with van der Waals surface area (Å²) in [6.07, 6.45) is 0. The maximum absolute atomic E-state index is 7.30. The van der Waals surface area contributed by atoms with E-state index in [9.17, 15) is 0 Å². The molecule has 92 heavy (non-hydrogen) atoms. The first kappa shape index (κ1) is 61.5. The first-order chi connectivity index (χ1) is 44.8. The van der Waals surface area contributed by atoms with E-state index in [1.54, 1.807) is 12.1 Å². The molecular weight excluding hydrogens is 1240 g/mol. The lowest BCUT2D eigenvalue weighted by atomic mass is 10.1. The molecule has 466 valence electrons. The first-order valence-electron chi connectivity index (χ1n) is 31.1. The second kappa shape index (κ2) is 26.1. The number of benzene rings is 8. The predicted molar refractivity (Wildman–Crippen MR) is 376 cm³/mol. The van der Waals surface area contributed by atoms with Crippen molar-refractivity contribution >= 4 is 113 Å². The minimum atomic E-state index is 0.295. The number of hydrogen-bond donors (Lipinski definition) is 2. The van der Waals surface area contributed by atoms with E-state index >= 15 is 0 Å². The van der Waals surface area contributed by atoms with Crippen LogP contribution in [0.25, 0.3) is 89.7 Å². The van der Waals surface area contributed by atoms with Gasteiger partial charge in [0, 0.05) is 143 Å². The molecule has 2 aliphatic heterocycles. The monoisotopic (exact) mass is 1300 g/mol. The van der Waals surface area contributed by atoms with Gasteiger partial charge in [0.2, 0.25) is 0 Å². The molecule has 20 heteroatoms. The van der Waals surface area contributed by atoms with E-state index in [1.165, 1.54) is 0 Å². The Labute approximate surface area is 553 Å². The van der Waals surface area contributed by atoms with Gasteiger partial charge in [-0.25, -0.2) is 29.9 Å². The molecule has 5 heterocycles. The Hall–Kier alpha value is -9.32. The maximum atomic E-state index is 7.30. The van der Waals surface area contributed by atoms with Crippen molar-refractivity contribution in [2.24, 2.45) is 0 Å². The smallest absolute Gasteiger partial charge is 0.164 e. The van der Waals surface area contributed by atoms with Crippen molar-refractivity contribution in [3.8, 4) is 91.5 Å². The number of hydrogen-bond acceptors (Lipinski definition) is 14. The zero-order valence-corrected chi connectivity index (χ0v) is 55.2. The number of fused-ring (bicyclic) bond motifs is 20. The number of ether oxygens (including phenoxy) is 4. The molecule has 16 nitrogen and oxygen atoms in total. The fourth-order valence-electron chi connectivity index (χ4n) is 11.9. The number of aromatic nitrogens is 8. The Morgan fingerprint density at radius 1 is 0.293 bits per heavy atom. The standard InChI is InChI=1S/C72H66Cl4N12O4/c1-9-85(10-2)41-21-17-25-45(29-41)89-61-37-53-49(33-57(61)73)65-77-69(53)81-66-50-34-58(74)62(90-46-26-18-22-42(30-46)86(11-3)12-4)38-54(50)71(78-66)83-68-52-36-60(76)64(92-48-28-20-24-44(32-48)88(15-7)16-8)40-56(52)72(80-68)84-67-51-35-59(75)63(39-55(51)70(79-67)82-65)91-47-27-19-23-43(31-47)87(13-5)14-6/h17-40H,9-16H2,1-8H3,(H2,77,78,79,80,81,82,83,84). The van der Waals surface area contributed by atoms with Crippen LogP contribution in [0.2, 0.25) is 20.1 Å². The molecular formula is C72H66Cl4N12O4. The Kier molecular flexibility index (Phi) is 17.5. The van der Waals surface area contributed by atoms with Crippen LogP contribution < -0.4 is 38.5 Å². The summed E-state index contributed by atoms with van der Waals surface area (Å²) in [7, 11) is 0. The zero-order chi connectivity index (χ0) is 63.9. The molecule has 0 saturated carbocycles. The minimum Gasteiger partial charge on any atom is -0.456 e. The van der Waals surface area contributed by atoms with Gasteiger partial charge in [-0.1, -0.05) is 70.7 Å². The van der Waals surface area contributed by atoms with E-state index in [2.05, 4.69) is 109 Å². The van der Waals surface area contributed by atoms with Gasteiger partial charge >= 0.3 is 0 Å². The number of H-pyrrole nitrogens is 2. The van der Waals surface area contributed by atoms with Gasteiger partial charge in [0.15, 0.2) is 23.3 Å². The second-order valence-corrected chi connectivity index (χ2v) is 23.6. The lowest BCUT2D eigenvalue weighted by Gasteiger charge is -2.21. The highest BCUT2D eigenvalue weighted by molar-refractivity contribution is 6.34. The Balaban J connectivity index is 1.07. The molecule has 0 aliphatic carbocycles. The number of rotatable bonds is 20. The normalized spacial score (nSPS) is 11.6. The van der Waals surface area contributed by atoms with Crippen LogP contribution >= 0.6 is 46.4 Å². The average molecular weight is 1310 g/mol. The molecule has 2 aliphatic rings. The van der Waals surface area contributed by atoms with Crippen LogP contribution in [0.4, 0.5) is 22.7 Å². The summed E-state index contributed by atoms with van der Waals surface area (Å²) in [6, 6.07) is 46.4. The molecule has 13 rings (SSSR count). The lowest BCUT2D eigenvalue weighted by molar-refractivity contribution is 0.483. The van der Waals surface area contributed by atoms with E-state index < -0.39 is 0 Å². The SMILES string of the molecule is CCN(CC)c1cccc(Oc2cc3c(cc2Cl)-c2nc-3nc3[nH]c(nc4nc(nc5[nH]c(n2)c2cc(Oc6cccc(N(CC)CC)c6)c(Cl)cc52)-c2cc(Oc5cccc(N(CC)CC)c5)c(Cl)cc2-4)c2cc(Oc4cccc(N(CC)CC)c4)c(Cl)cc32)c1. The van der Waals surface area contributed by atoms with E-state index in [0.29, 0.717) is 156 Å². The largest absolute Gasteiger partial charge is 0.456 e. The highest BCUT2D eigenvalue weighted by Gasteiger charge is 2.27. The molecule has 0 fully saturated rings. The fraction of sp³-hybridized carbons (Fsp3) is 0.222.